The monoisotopic (exact) mass is 393 g/mol. The first-order chi connectivity index (χ1) is 12.7. The van der Waals surface area contributed by atoms with Crippen LogP contribution in [0.4, 0.5) is 4.39 Å². The Morgan fingerprint density at radius 1 is 1.11 bits per heavy atom. The molecule has 3 rings (SSSR count). The third-order valence-corrected chi connectivity index (χ3v) is 4.69. The molecule has 2 aromatic carbocycles. The molecule has 8 nitrogen and oxygen atoms in total. The molecule has 1 heterocycles. The molecule has 10 heteroatoms. The minimum absolute atomic E-state index is 0.0609. The summed E-state index contributed by atoms with van der Waals surface area (Å²) in [5.41, 5.74) is 0.140. The average Bonchev–Trinajstić information content (AvgIpc) is 2.62. The predicted octanol–water partition coefficient (Wildman–Crippen LogP) is 1.53. The smallest absolute Gasteiger partial charge is 0.272 e. The van der Waals surface area contributed by atoms with Crippen LogP contribution >= 0.6 is 0 Å². The van der Waals surface area contributed by atoms with Crippen LogP contribution in [-0.4, -0.2) is 32.8 Å². The van der Waals surface area contributed by atoms with Gasteiger partial charge in [0.1, 0.15) is 5.82 Å². The van der Waals surface area contributed by atoms with Gasteiger partial charge in [0.05, 0.1) is 31.1 Å². The lowest BCUT2D eigenvalue weighted by atomic mass is 10.0. The topological polar surface area (TPSA) is 124 Å². The standard InChI is InChI=1S/C17H16FN3O5S/c1-25-14-6-11-12(7-15(14)26-2)17(22)21-20-16(11)9-3-4-10(13(18)5-9)8-27(19,23)24/h3-7H,8H2,1-2H3,(H,21,22)(H2,19,23,24). The van der Waals surface area contributed by atoms with E-state index in [-0.39, 0.29) is 10.9 Å². The number of ether oxygens (including phenoxy) is 2. The average molecular weight is 393 g/mol. The molecule has 0 spiro atoms. The van der Waals surface area contributed by atoms with Gasteiger partial charge in [0.25, 0.3) is 5.56 Å². The fourth-order valence-corrected chi connectivity index (χ4v) is 3.41. The molecule has 0 fully saturated rings. The van der Waals surface area contributed by atoms with Gasteiger partial charge in [-0.15, -0.1) is 0 Å². The van der Waals surface area contributed by atoms with Crippen molar-refractivity contribution in [3.05, 3.63) is 52.1 Å². The molecule has 0 unspecified atom stereocenters. The fraction of sp³-hybridized carbons (Fsp3) is 0.176. The second-order valence-electron chi connectivity index (χ2n) is 5.77. The second kappa shape index (κ2) is 6.97. The highest BCUT2D eigenvalue weighted by atomic mass is 32.2. The summed E-state index contributed by atoms with van der Waals surface area (Å²) in [5.74, 6) is -0.625. The van der Waals surface area contributed by atoms with Crippen LogP contribution in [0.1, 0.15) is 5.56 Å². The number of nitrogens with zero attached hydrogens (tertiary/aromatic N) is 1. The van der Waals surface area contributed by atoms with Crippen LogP contribution in [0.2, 0.25) is 0 Å². The van der Waals surface area contributed by atoms with Gasteiger partial charge in [-0.1, -0.05) is 12.1 Å². The summed E-state index contributed by atoms with van der Waals surface area (Å²) < 4.78 is 47.2. The number of hydrogen-bond donors (Lipinski definition) is 2. The Morgan fingerprint density at radius 2 is 1.74 bits per heavy atom. The van der Waals surface area contributed by atoms with Crippen LogP contribution in [0, 0.1) is 5.82 Å². The number of halogens is 1. The van der Waals surface area contributed by atoms with Gasteiger partial charge in [-0.3, -0.25) is 4.79 Å². The van der Waals surface area contributed by atoms with E-state index >= 15 is 0 Å². The van der Waals surface area contributed by atoms with Crippen LogP contribution < -0.4 is 20.2 Å². The maximum atomic E-state index is 14.3. The van der Waals surface area contributed by atoms with E-state index in [4.69, 9.17) is 14.6 Å². The van der Waals surface area contributed by atoms with Gasteiger partial charge in [0, 0.05) is 16.5 Å². The molecule has 0 aliphatic rings. The first-order valence-corrected chi connectivity index (χ1v) is 9.38. The van der Waals surface area contributed by atoms with Crippen molar-refractivity contribution in [1.82, 2.24) is 10.2 Å². The third-order valence-electron chi connectivity index (χ3n) is 3.98. The van der Waals surface area contributed by atoms with Crippen molar-refractivity contribution in [2.45, 2.75) is 5.75 Å². The first kappa shape index (κ1) is 18.8. The van der Waals surface area contributed by atoms with Crippen molar-refractivity contribution < 1.29 is 22.3 Å². The van der Waals surface area contributed by atoms with Crippen molar-refractivity contribution in [2.24, 2.45) is 5.14 Å². The van der Waals surface area contributed by atoms with E-state index in [0.29, 0.717) is 28.1 Å². The number of fused-ring (bicyclic) bond motifs is 1. The van der Waals surface area contributed by atoms with Crippen molar-refractivity contribution in [3.63, 3.8) is 0 Å². The van der Waals surface area contributed by atoms with Gasteiger partial charge in [-0.25, -0.2) is 23.0 Å². The van der Waals surface area contributed by atoms with Gasteiger partial charge in [0.2, 0.25) is 10.0 Å². The number of methoxy groups -OCH3 is 2. The number of primary sulfonamides is 1. The molecule has 27 heavy (non-hydrogen) atoms. The minimum Gasteiger partial charge on any atom is -0.493 e. The zero-order valence-electron chi connectivity index (χ0n) is 14.4. The Balaban J connectivity index is 2.21. The van der Waals surface area contributed by atoms with Crippen LogP contribution in [0.25, 0.3) is 22.0 Å². The first-order valence-electron chi connectivity index (χ1n) is 7.67. The number of rotatable bonds is 5. The van der Waals surface area contributed by atoms with Crippen molar-refractivity contribution in [2.75, 3.05) is 14.2 Å². The van der Waals surface area contributed by atoms with Crippen LogP contribution in [0.15, 0.2) is 35.1 Å². The molecular weight excluding hydrogens is 377 g/mol. The highest BCUT2D eigenvalue weighted by molar-refractivity contribution is 7.88. The SMILES string of the molecule is COc1cc2c(-c3ccc(CS(N)(=O)=O)c(F)c3)n[nH]c(=O)c2cc1OC. The summed E-state index contributed by atoms with van der Waals surface area (Å²) in [6.45, 7) is 0. The van der Waals surface area contributed by atoms with E-state index in [1.165, 1.54) is 32.4 Å². The zero-order valence-corrected chi connectivity index (χ0v) is 15.3. The van der Waals surface area contributed by atoms with Gasteiger partial charge in [0.15, 0.2) is 11.5 Å². The van der Waals surface area contributed by atoms with E-state index in [1.54, 1.807) is 6.07 Å². The number of nitrogens with one attached hydrogen (secondary N) is 1. The molecule has 0 aliphatic carbocycles. The maximum Gasteiger partial charge on any atom is 0.272 e. The highest BCUT2D eigenvalue weighted by Crippen LogP contribution is 2.34. The summed E-state index contributed by atoms with van der Waals surface area (Å²) in [5, 5.41) is 12.0. The third kappa shape index (κ3) is 3.76. The quantitative estimate of drug-likeness (QED) is 0.677. The van der Waals surface area contributed by atoms with Gasteiger partial charge in [-0.2, -0.15) is 5.10 Å². The number of aromatic nitrogens is 2. The lowest BCUT2D eigenvalue weighted by molar-refractivity contribution is 0.356. The minimum atomic E-state index is -3.87. The fourth-order valence-electron chi connectivity index (χ4n) is 2.74. The molecule has 3 aromatic rings. The zero-order chi connectivity index (χ0) is 19.8. The summed E-state index contributed by atoms with van der Waals surface area (Å²) in [4.78, 5) is 12.1. The van der Waals surface area contributed by atoms with E-state index < -0.39 is 27.2 Å². The second-order valence-corrected chi connectivity index (χ2v) is 7.38. The molecule has 0 atom stereocenters. The molecular formula is C17H16FN3O5S. The Bertz CT molecular complexity index is 1190. The number of sulfonamides is 1. The van der Waals surface area contributed by atoms with Crippen molar-refractivity contribution >= 4 is 20.8 Å². The molecule has 3 N–H and O–H groups in total. The number of aromatic amines is 1. The predicted molar refractivity (Wildman–Crippen MR) is 97.7 cm³/mol. The van der Waals surface area contributed by atoms with Gasteiger partial charge in [-0.05, 0) is 18.2 Å². The lowest BCUT2D eigenvalue weighted by Crippen LogP contribution is -2.15. The van der Waals surface area contributed by atoms with E-state index in [0.717, 1.165) is 6.07 Å². The van der Waals surface area contributed by atoms with E-state index in [1.807, 2.05) is 0 Å². The number of nitrogens with two attached hydrogens (primary N) is 1. The summed E-state index contributed by atoms with van der Waals surface area (Å²) in [7, 11) is -0.974. The lowest BCUT2D eigenvalue weighted by Gasteiger charge is -2.11. The molecule has 0 saturated heterocycles. The number of hydrogen-bond acceptors (Lipinski definition) is 6. The largest absolute Gasteiger partial charge is 0.493 e. The molecule has 142 valence electrons. The van der Waals surface area contributed by atoms with E-state index in [2.05, 4.69) is 10.2 Å². The molecule has 0 amide bonds. The Hall–Kier alpha value is -2.98. The molecule has 0 bridgehead atoms. The summed E-state index contributed by atoms with van der Waals surface area (Å²) in [6, 6.07) is 7.03. The normalized spacial score (nSPS) is 11.6. The van der Waals surface area contributed by atoms with Gasteiger partial charge < -0.3 is 9.47 Å². The van der Waals surface area contributed by atoms with Crippen molar-refractivity contribution in [1.29, 1.82) is 0 Å². The summed E-state index contributed by atoms with van der Waals surface area (Å²) in [6.07, 6.45) is 0. The van der Waals surface area contributed by atoms with Crippen LogP contribution in [0.3, 0.4) is 0 Å². The molecule has 0 radical (unpaired) electrons. The molecule has 1 aromatic heterocycles. The van der Waals surface area contributed by atoms with E-state index in [9.17, 15) is 17.6 Å². The number of benzene rings is 2. The highest BCUT2D eigenvalue weighted by Gasteiger charge is 2.16. The molecule has 0 saturated carbocycles. The van der Waals surface area contributed by atoms with Gasteiger partial charge >= 0.3 is 0 Å². The maximum absolute atomic E-state index is 14.3. The number of H-pyrrole nitrogens is 1. The van der Waals surface area contributed by atoms with Crippen molar-refractivity contribution in [3.8, 4) is 22.8 Å². The Morgan fingerprint density at radius 3 is 2.30 bits per heavy atom. The van der Waals surface area contributed by atoms with Crippen LogP contribution in [-0.2, 0) is 15.8 Å². The van der Waals surface area contributed by atoms with Crippen LogP contribution in [0.5, 0.6) is 11.5 Å². The Kier molecular flexibility index (Phi) is 4.85. The summed E-state index contributed by atoms with van der Waals surface area (Å²) >= 11 is 0. The Labute approximate surface area is 153 Å². The molecule has 0 aliphatic heterocycles.